The Labute approximate surface area is 125 Å². The van der Waals surface area contributed by atoms with Gasteiger partial charge in [-0.15, -0.1) is 0 Å². The summed E-state index contributed by atoms with van der Waals surface area (Å²) in [4.78, 5) is 0. The summed E-state index contributed by atoms with van der Waals surface area (Å²) in [5.74, 6) is 1.30. The molecule has 3 rings (SSSR count). The third kappa shape index (κ3) is 3.42. The van der Waals surface area contributed by atoms with Crippen LogP contribution in [0.1, 0.15) is 29.9 Å². The lowest BCUT2D eigenvalue weighted by molar-refractivity contribution is 0.289. The summed E-state index contributed by atoms with van der Waals surface area (Å²) < 4.78 is 18.1. The average molecular weight is 285 g/mol. The predicted molar refractivity (Wildman–Crippen MR) is 82.0 cm³/mol. The summed E-state index contributed by atoms with van der Waals surface area (Å²) in [7, 11) is 1.69. The summed E-state index contributed by atoms with van der Waals surface area (Å²) >= 11 is 0. The average Bonchev–Trinajstić information content (AvgIpc) is 2.47. The fraction of sp³-hybridized carbons (Fsp3) is 0.333. The van der Waals surface area contributed by atoms with E-state index in [9.17, 15) is 4.39 Å². The second-order valence-electron chi connectivity index (χ2n) is 5.65. The Morgan fingerprint density at radius 1 is 1.14 bits per heavy atom. The number of methoxy groups -OCH3 is 1. The number of halogens is 1. The van der Waals surface area contributed by atoms with Gasteiger partial charge in [0.05, 0.1) is 7.11 Å². The van der Waals surface area contributed by atoms with Crippen LogP contribution < -0.4 is 10.1 Å². The second kappa shape index (κ2) is 6.27. The van der Waals surface area contributed by atoms with E-state index in [-0.39, 0.29) is 5.82 Å². The van der Waals surface area contributed by atoms with Crippen LogP contribution in [0.5, 0.6) is 5.75 Å². The minimum Gasteiger partial charge on any atom is -0.497 e. The van der Waals surface area contributed by atoms with Crippen molar-refractivity contribution in [3.63, 3.8) is 0 Å². The molecule has 0 amide bonds. The van der Waals surface area contributed by atoms with Gasteiger partial charge in [-0.2, -0.15) is 0 Å². The van der Waals surface area contributed by atoms with E-state index in [0.29, 0.717) is 12.0 Å². The molecular weight excluding hydrogens is 265 g/mol. The van der Waals surface area contributed by atoms with Gasteiger partial charge in [0.1, 0.15) is 11.6 Å². The molecule has 0 aliphatic heterocycles. The van der Waals surface area contributed by atoms with Crippen molar-refractivity contribution in [2.24, 2.45) is 0 Å². The molecule has 2 aromatic rings. The molecule has 3 heteroatoms. The van der Waals surface area contributed by atoms with E-state index >= 15 is 0 Å². The van der Waals surface area contributed by atoms with Crippen molar-refractivity contribution in [3.05, 3.63) is 65.5 Å². The van der Waals surface area contributed by atoms with Crippen LogP contribution >= 0.6 is 0 Å². The quantitative estimate of drug-likeness (QED) is 0.900. The van der Waals surface area contributed by atoms with Gasteiger partial charge < -0.3 is 10.1 Å². The lowest BCUT2D eigenvalue weighted by atomic mass is 9.76. The summed E-state index contributed by atoms with van der Waals surface area (Å²) in [5, 5.41) is 3.57. The Morgan fingerprint density at radius 2 is 1.90 bits per heavy atom. The summed E-state index contributed by atoms with van der Waals surface area (Å²) in [6.45, 7) is 0.859. The van der Waals surface area contributed by atoms with Gasteiger partial charge in [0.25, 0.3) is 0 Å². The fourth-order valence-corrected chi connectivity index (χ4v) is 2.84. The molecule has 1 aliphatic carbocycles. The third-order valence-electron chi connectivity index (χ3n) is 4.21. The SMILES string of the molecule is COc1cccc(CNC2CC(c3ccc(F)cc3)C2)c1. The zero-order valence-corrected chi connectivity index (χ0v) is 12.2. The first-order valence-corrected chi connectivity index (χ1v) is 7.36. The monoisotopic (exact) mass is 285 g/mol. The number of benzene rings is 2. The molecule has 0 unspecified atom stereocenters. The minimum atomic E-state index is -0.161. The molecule has 0 saturated heterocycles. The standard InChI is InChI=1S/C18H20FNO/c1-21-18-4-2-3-13(9-18)12-20-17-10-15(11-17)14-5-7-16(19)8-6-14/h2-9,15,17,20H,10-12H2,1H3. The van der Waals surface area contributed by atoms with Gasteiger partial charge in [0.2, 0.25) is 0 Å². The van der Waals surface area contributed by atoms with Crippen LogP contribution in [-0.4, -0.2) is 13.2 Å². The summed E-state index contributed by atoms with van der Waals surface area (Å²) in [5.41, 5.74) is 2.48. The van der Waals surface area contributed by atoms with Gasteiger partial charge in [-0.1, -0.05) is 24.3 Å². The highest BCUT2D eigenvalue weighted by atomic mass is 19.1. The molecule has 0 atom stereocenters. The predicted octanol–water partition coefficient (Wildman–Crippen LogP) is 3.87. The van der Waals surface area contributed by atoms with Crippen LogP contribution in [0.2, 0.25) is 0 Å². The highest BCUT2D eigenvalue weighted by molar-refractivity contribution is 5.28. The molecule has 110 valence electrons. The van der Waals surface area contributed by atoms with Crippen molar-refractivity contribution in [3.8, 4) is 5.75 Å². The number of ether oxygens (including phenoxy) is 1. The molecule has 1 aliphatic rings. The molecule has 0 bridgehead atoms. The van der Waals surface area contributed by atoms with E-state index in [0.717, 1.165) is 25.1 Å². The Morgan fingerprint density at radius 3 is 2.62 bits per heavy atom. The zero-order valence-electron chi connectivity index (χ0n) is 12.2. The maximum absolute atomic E-state index is 12.9. The number of hydrogen-bond acceptors (Lipinski definition) is 2. The van der Waals surface area contributed by atoms with Crippen molar-refractivity contribution in [1.29, 1.82) is 0 Å². The highest BCUT2D eigenvalue weighted by Crippen LogP contribution is 2.37. The van der Waals surface area contributed by atoms with Gasteiger partial charge in [-0.05, 0) is 54.2 Å². The molecular formula is C18H20FNO. The van der Waals surface area contributed by atoms with Gasteiger partial charge in [-0.3, -0.25) is 0 Å². The van der Waals surface area contributed by atoms with Crippen molar-refractivity contribution < 1.29 is 9.13 Å². The van der Waals surface area contributed by atoms with Crippen LogP contribution in [0.3, 0.4) is 0 Å². The van der Waals surface area contributed by atoms with Crippen LogP contribution in [0.15, 0.2) is 48.5 Å². The van der Waals surface area contributed by atoms with E-state index in [4.69, 9.17) is 4.74 Å². The van der Waals surface area contributed by atoms with Crippen LogP contribution in [0, 0.1) is 5.82 Å². The molecule has 0 aromatic heterocycles. The first-order chi connectivity index (χ1) is 10.2. The molecule has 0 spiro atoms. The minimum absolute atomic E-state index is 0.161. The highest BCUT2D eigenvalue weighted by Gasteiger charge is 2.29. The van der Waals surface area contributed by atoms with Gasteiger partial charge in [-0.25, -0.2) is 4.39 Å². The van der Waals surface area contributed by atoms with Crippen molar-refractivity contribution in [2.75, 3.05) is 7.11 Å². The molecule has 2 aromatic carbocycles. The molecule has 0 radical (unpaired) electrons. The van der Waals surface area contributed by atoms with Crippen molar-refractivity contribution >= 4 is 0 Å². The maximum Gasteiger partial charge on any atom is 0.123 e. The molecule has 1 saturated carbocycles. The second-order valence-corrected chi connectivity index (χ2v) is 5.65. The van der Waals surface area contributed by atoms with E-state index in [1.165, 1.54) is 11.1 Å². The molecule has 0 heterocycles. The smallest absolute Gasteiger partial charge is 0.123 e. The van der Waals surface area contributed by atoms with Gasteiger partial charge in [0, 0.05) is 12.6 Å². The largest absolute Gasteiger partial charge is 0.497 e. The first kappa shape index (κ1) is 14.1. The van der Waals surface area contributed by atoms with Crippen LogP contribution in [-0.2, 0) is 6.54 Å². The Bertz CT molecular complexity index is 590. The number of rotatable bonds is 5. The Balaban J connectivity index is 1.47. The van der Waals surface area contributed by atoms with E-state index < -0.39 is 0 Å². The molecule has 1 N–H and O–H groups in total. The van der Waals surface area contributed by atoms with Gasteiger partial charge in [0.15, 0.2) is 0 Å². The Hall–Kier alpha value is -1.87. The van der Waals surface area contributed by atoms with Crippen molar-refractivity contribution in [1.82, 2.24) is 5.32 Å². The maximum atomic E-state index is 12.9. The Kier molecular flexibility index (Phi) is 4.20. The summed E-state index contributed by atoms with van der Waals surface area (Å²) in [6, 6.07) is 15.6. The lowest BCUT2D eigenvalue weighted by Crippen LogP contribution is -2.39. The molecule has 1 fully saturated rings. The zero-order chi connectivity index (χ0) is 14.7. The number of nitrogens with one attached hydrogen (secondary N) is 1. The van der Waals surface area contributed by atoms with Gasteiger partial charge >= 0.3 is 0 Å². The summed E-state index contributed by atoms with van der Waals surface area (Å²) in [6.07, 6.45) is 2.24. The molecule has 21 heavy (non-hydrogen) atoms. The fourth-order valence-electron chi connectivity index (χ4n) is 2.84. The van der Waals surface area contributed by atoms with Crippen LogP contribution in [0.25, 0.3) is 0 Å². The van der Waals surface area contributed by atoms with Crippen LogP contribution in [0.4, 0.5) is 4.39 Å². The van der Waals surface area contributed by atoms with Crippen molar-refractivity contribution in [2.45, 2.75) is 31.3 Å². The topological polar surface area (TPSA) is 21.3 Å². The van der Waals surface area contributed by atoms with E-state index in [1.54, 1.807) is 19.2 Å². The number of hydrogen-bond donors (Lipinski definition) is 1. The normalized spacial score (nSPS) is 20.9. The third-order valence-corrected chi connectivity index (χ3v) is 4.21. The lowest BCUT2D eigenvalue weighted by Gasteiger charge is -2.36. The van der Waals surface area contributed by atoms with E-state index in [2.05, 4.69) is 17.4 Å². The van der Waals surface area contributed by atoms with E-state index in [1.807, 2.05) is 24.3 Å². The molecule has 2 nitrogen and oxygen atoms in total. The first-order valence-electron chi connectivity index (χ1n) is 7.36.